The summed E-state index contributed by atoms with van der Waals surface area (Å²) in [7, 11) is -4.14. The molecule has 0 aromatic heterocycles. The van der Waals surface area contributed by atoms with Crippen molar-refractivity contribution in [1.82, 2.24) is 10.2 Å². The molecular formula is C29H34ClN3O4S. The molecule has 0 fully saturated rings. The molecule has 1 atom stereocenters. The number of hydrogen-bond donors (Lipinski definition) is 1. The third-order valence-corrected chi connectivity index (χ3v) is 7.87. The molecule has 0 spiro atoms. The fourth-order valence-electron chi connectivity index (χ4n) is 3.83. The molecule has 3 aromatic carbocycles. The van der Waals surface area contributed by atoms with Gasteiger partial charge in [0.15, 0.2) is 0 Å². The van der Waals surface area contributed by atoms with E-state index in [2.05, 4.69) is 5.32 Å². The third-order valence-electron chi connectivity index (χ3n) is 5.85. The van der Waals surface area contributed by atoms with E-state index in [0.717, 1.165) is 15.4 Å². The van der Waals surface area contributed by atoms with Gasteiger partial charge in [0.05, 0.1) is 10.6 Å². The van der Waals surface area contributed by atoms with E-state index in [4.69, 9.17) is 11.6 Å². The minimum absolute atomic E-state index is 0.0454. The maximum Gasteiger partial charge on any atom is 0.264 e. The molecule has 0 unspecified atom stereocenters. The van der Waals surface area contributed by atoms with Crippen molar-refractivity contribution in [2.75, 3.05) is 10.8 Å². The zero-order valence-corrected chi connectivity index (χ0v) is 23.9. The number of sulfonamides is 1. The SMILES string of the molecule is Cc1ccc(S(=O)(=O)N(CC(=O)N(Cc2ccccc2)[C@H](C)C(=O)NC(C)(C)C)c2cccc(Cl)c2)cc1. The van der Waals surface area contributed by atoms with Gasteiger partial charge in [-0.3, -0.25) is 13.9 Å². The Labute approximate surface area is 230 Å². The van der Waals surface area contributed by atoms with E-state index in [9.17, 15) is 18.0 Å². The summed E-state index contributed by atoms with van der Waals surface area (Å²) in [6.45, 7) is 8.69. The van der Waals surface area contributed by atoms with Gasteiger partial charge < -0.3 is 10.2 Å². The average molecular weight is 556 g/mol. The van der Waals surface area contributed by atoms with Gasteiger partial charge >= 0.3 is 0 Å². The van der Waals surface area contributed by atoms with Crippen LogP contribution >= 0.6 is 11.6 Å². The number of amides is 2. The van der Waals surface area contributed by atoms with Crippen LogP contribution < -0.4 is 9.62 Å². The van der Waals surface area contributed by atoms with Crippen molar-refractivity contribution >= 4 is 39.1 Å². The fraction of sp³-hybridized carbons (Fsp3) is 0.310. The molecule has 0 radical (unpaired) electrons. The molecule has 0 saturated heterocycles. The monoisotopic (exact) mass is 555 g/mol. The van der Waals surface area contributed by atoms with Crippen molar-refractivity contribution in [2.24, 2.45) is 0 Å². The number of rotatable bonds is 9. The van der Waals surface area contributed by atoms with E-state index in [1.807, 2.05) is 58.0 Å². The van der Waals surface area contributed by atoms with Gasteiger partial charge in [0, 0.05) is 17.1 Å². The first kappa shape index (κ1) is 29.2. The maximum atomic E-state index is 13.9. The normalized spacial score (nSPS) is 12.5. The molecule has 0 heterocycles. The van der Waals surface area contributed by atoms with Crippen LogP contribution in [-0.4, -0.2) is 43.3 Å². The summed E-state index contributed by atoms with van der Waals surface area (Å²) < 4.78 is 28.6. The Hall–Kier alpha value is -3.36. The lowest BCUT2D eigenvalue weighted by Gasteiger charge is -2.33. The Morgan fingerprint density at radius 3 is 2.16 bits per heavy atom. The lowest BCUT2D eigenvalue weighted by molar-refractivity contribution is -0.140. The number of benzene rings is 3. The molecule has 3 aromatic rings. The highest BCUT2D eigenvalue weighted by Gasteiger charge is 2.33. The number of nitrogens with zero attached hydrogens (tertiary/aromatic N) is 2. The van der Waals surface area contributed by atoms with E-state index in [-0.39, 0.29) is 23.0 Å². The highest BCUT2D eigenvalue weighted by atomic mass is 35.5. The number of halogens is 1. The smallest absolute Gasteiger partial charge is 0.264 e. The Kier molecular flexibility index (Phi) is 9.22. The van der Waals surface area contributed by atoms with Gasteiger partial charge in [-0.2, -0.15) is 0 Å². The number of aryl methyl sites for hydroxylation is 1. The average Bonchev–Trinajstić information content (AvgIpc) is 2.85. The Balaban J connectivity index is 2.03. The second-order valence-corrected chi connectivity index (χ2v) is 12.5. The highest BCUT2D eigenvalue weighted by Crippen LogP contribution is 2.27. The van der Waals surface area contributed by atoms with Gasteiger partial charge in [0.25, 0.3) is 10.0 Å². The van der Waals surface area contributed by atoms with E-state index < -0.39 is 34.1 Å². The van der Waals surface area contributed by atoms with Crippen molar-refractivity contribution < 1.29 is 18.0 Å². The molecule has 38 heavy (non-hydrogen) atoms. The summed E-state index contributed by atoms with van der Waals surface area (Å²) in [6, 6.07) is 21.2. The molecule has 1 N–H and O–H groups in total. The molecule has 7 nitrogen and oxygen atoms in total. The van der Waals surface area contributed by atoms with Crippen LogP contribution in [-0.2, 0) is 26.2 Å². The van der Waals surface area contributed by atoms with Crippen molar-refractivity contribution in [3.8, 4) is 0 Å². The van der Waals surface area contributed by atoms with Crippen LogP contribution in [0.4, 0.5) is 5.69 Å². The maximum absolute atomic E-state index is 13.9. The van der Waals surface area contributed by atoms with Crippen molar-refractivity contribution in [3.63, 3.8) is 0 Å². The molecule has 0 aliphatic carbocycles. The van der Waals surface area contributed by atoms with E-state index in [1.54, 1.807) is 37.3 Å². The van der Waals surface area contributed by atoms with Crippen molar-refractivity contribution in [3.05, 3.63) is 95.0 Å². The van der Waals surface area contributed by atoms with Crippen molar-refractivity contribution in [1.29, 1.82) is 0 Å². The Morgan fingerprint density at radius 1 is 0.947 bits per heavy atom. The molecule has 0 aliphatic heterocycles. The summed E-state index contributed by atoms with van der Waals surface area (Å²) in [5.41, 5.74) is 1.46. The van der Waals surface area contributed by atoms with Gasteiger partial charge in [-0.1, -0.05) is 65.7 Å². The zero-order chi connectivity index (χ0) is 28.1. The molecule has 0 saturated carbocycles. The predicted molar refractivity (Wildman–Crippen MR) is 152 cm³/mol. The van der Waals surface area contributed by atoms with Crippen LogP contribution in [0.2, 0.25) is 5.02 Å². The van der Waals surface area contributed by atoms with Crippen LogP contribution in [0.5, 0.6) is 0 Å². The largest absolute Gasteiger partial charge is 0.350 e. The lowest BCUT2D eigenvalue weighted by Crippen LogP contribution is -2.54. The van der Waals surface area contributed by atoms with Crippen molar-refractivity contribution in [2.45, 2.75) is 57.6 Å². The van der Waals surface area contributed by atoms with Crippen LogP contribution in [0.25, 0.3) is 0 Å². The van der Waals surface area contributed by atoms with Gasteiger partial charge in [-0.05, 0) is 70.5 Å². The third kappa shape index (κ3) is 7.58. The zero-order valence-electron chi connectivity index (χ0n) is 22.3. The van der Waals surface area contributed by atoms with Gasteiger partial charge in [-0.15, -0.1) is 0 Å². The first-order valence-corrected chi connectivity index (χ1v) is 14.1. The van der Waals surface area contributed by atoms with Crippen LogP contribution in [0.15, 0.2) is 83.8 Å². The molecule has 9 heteroatoms. The molecule has 0 aliphatic rings. The number of carbonyl (C=O) groups excluding carboxylic acids is 2. The minimum Gasteiger partial charge on any atom is -0.350 e. The summed E-state index contributed by atoms with van der Waals surface area (Å²) >= 11 is 6.20. The van der Waals surface area contributed by atoms with Crippen LogP contribution in [0.3, 0.4) is 0 Å². The summed E-state index contributed by atoms with van der Waals surface area (Å²) in [5, 5.41) is 3.24. The summed E-state index contributed by atoms with van der Waals surface area (Å²) in [4.78, 5) is 28.4. The second kappa shape index (κ2) is 12.0. The van der Waals surface area contributed by atoms with E-state index in [0.29, 0.717) is 5.02 Å². The van der Waals surface area contributed by atoms with E-state index in [1.165, 1.54) is 23.1 Å². The molecule has 2 amide bonds. The quantitative estimate of drug-likeness (QED) is 0.394. The minimum atomic E-state index is -4.14. The first-order valence-electron chi connectivity index (χ1n) is 12.3. The molecule has 3 rings (SSSR count). The summed E-state index contributed by atoms with van der Waals surface area (Å²) in [5.74, 6) is -0.862. The van der Waals surface area contributed by atoms with E-state index >= 15 is 0 Å². The van der Waals surface area contributed by atoms with Gasteiger partial charge in [-0.25, -0.2) is 8.42 Å². The second-order valence-electron chi connectivity index (χ2n) is 10.2. The topological polar surface area (TPSA) is 86.8 Å². The number of anilines is 1. The fourth-order valence-corrected chi connectivity index (χ4v) is 5.42. The molecular weight excluding hydrogens is 522 g/mol. The van der Waals surface area contributed by atoms with Crippen LogP contribution in [0, 0.1) is 6.92 Å². The van der Waals surface area contributed by atoms with Gasteiger partial charge in [0.1, 0.15) is 12.6 Å². The Morgan fingerprint density at radius 2 is 1.58 bits per heavy atom. The number of carbonyl (C=O) groups is 2. The molecule has 202 valence electrons. The lowest BCUT2D eigenvalue weighted by atomic mass is 10.1. The van der Waals surface area contributed by atoms with Crippen LogP contribution in [0.1, 0.15) is 38.8 Å². The first-order chi connectivity index (χ1) is 17.8. The number of hydrogen-bond acceptors (Lipinski definition) is 4. The highest BCUT2D eigenvalue weighted by molar-refractivity contribution is 7.92. The Bertz CT molecular complexity index is 1370. The van der Waals surface area contributed by atoms with Gasteiger partial charge in [0.2, 0.25) is 11.8 Å². The number of nitrogens with one attached hydrogen (secondary N) is 1. The standard InChI is InChI=1S/C29H34ClN3O4S/c1-21-14-16-26(17-15-21)38(36,37)33(25-13-9-12-24(30)18-25)20-27(34)32(19-23-10-7-6-8-11-23)22(2)28(35)31-29(3,4)5/h6-18,22H,19-20H2,1-5H3,(H,31,35)/t22-/m1/s1. The molecule has 0 bridgehead atoms. The predicted octanol–water partition coefficient (Wildman–Crippen LogP) is 5.18. The summed E-state index contributed by atoms with van der Waals surface area (Å²) in [6.07, 6.45) is 0.